The third-order valence-corrected chi connectivity index (χ3v) is 5.34. The van der Waals surface area contributed by atoms with Crippen LogP contribution in [0.2, 0.25) is 0 Å². The van der Waals surface area contributed by atoms with E-state index in [1.165, 1.54) is 11.3 Å². The molecule has 28 heavy (non-hydrogen) atoms. The van der Waals surface area contributed by atoms with Gasteiger partial charge in [0, 0.05) is 35.7 Å². The minimum atomic E-state index is 0.305. The molecule has 3 heterocycles. The standard InChI is InChI=1S/C23H22N4O/c1-15-22-18-13-20(26-27-23(18)25-19(22)11-12-24-15)17-9-5-6-10-21(17)28-14-16-7-3-2-4-8-16/h2-10,13,15,24H,11-12,14H2,1H3,(H,25,27). The molecule has 1 aliphatic heterocycles. The smallest absolute Gasteiger partial charge is 0.160 e. The van der Waals surface area contributed by atoms with Crippen LogP contribution in [0.15, 0.2) is 60.7 Å². The van der Waals surface area contributed by atoms with Gasteiger partial charge in [0.05, 0.1) is 5.69 Å². The topological polar surface area (TPSA) is 62.8 Å². The molecular formula is C23H22N4O. The number of nitrogens with one attached hydrogen (secondary N) is 2. The molecular weight excluding hydrogens is 348 g/mol. The molecule has 140 valence electrons. The Hall–Kier alpha value is -3.18. The van der Waals surface area contributed by atoms with Gasteiger partial charge in [-0.1, -0.05) is 42.5 Å². The number of hydrogen-bond donors (Lipinski definition) is 2. The van der Waals surface area contributed by atoms with Crippen LogP contribution in [0.1, 0.15) is 29.8 Å². The van der Waals surface area contributed by atoms with Crippen molar-refractivity contribution in [2.24, 2.45) is 0 Å². The molecule has 0 fully saturated rings. The number of nitrogens with zero attached hydrogens (tertiary/aromatic N) is 2. The van der Waals surface area contributed by atoms with E-state index in [2.05, 4.69) is 45.6 Å². The number of rotatable bonds is 4. The highest BCUT2D eigenvalue weighted by Gasteiger charge is 2.22. The van der Waals surface area contributed by atoms with Gasteiger partial charge in [-0.3, -0.25) is 0 Å². The lowest BCUT2D eigenvalue weighted by molar-refractivity contribution is 0.307. The van der Waals surface area contributed by atoms with Gasteiger partial charge in [-0.25, -0.2) is 0 Å². The van der Waals surface area contributed by atoms with Gasteiger partial charge in [-0.05, 0) is 36.2 Å². The van der Waals surface area contributed by atoms with Gasteiger partial charge in [0.2, 0.25) is 0 Å². The van der Waals surface area contributed by atoms with Gasteiger partial charge in [0.15, 0.2) is 5.65 Å². The van der Waals surface area contributed by atoms with Gasteiger partial charge in [0.1, 0.15) is 12.4 Å². The summed E-state index contributed by atoms with van der Waals surface area (Å²) in [5.41, 5.74) is 6.35. The summed E-state index contributed by atoms with van der Waals surface area (Å²) in [6, 6.07) is 20.6. The first-order valence-corrected chi connectivity index (χ1v) is 9.67. The predicted octanol–water partition coefficient (Wildman–Crippen LogP) is 4.41. The molecule has 2 N–H and O–H groups in total. The molecule has 0 amide bonds. The molecule has 0 spiro atoms. The fourth-order valence-electron chi connectivity index (χ4n) is 3.94. The molecule has 2 aromatic heterocycles. The molecule has 1 atom stereocenters. The molecule has 1 unspecified atom stereocenters. The first kappa shape index (κ1) is 17.0. The second kappa shape index (κ2) is 7.09. The number of benzene rings is 2. The Kier molecular flexibility index (Phi) is 4.29. The van der Waals surface area contributed by atoms with E-state index in [9.17, 15) is 0 Å². The number of aromatic nitrogens is 3. The minimum Gasteiger partial charge on any atom is -0.488 e. The summed E-state index contributed by atoms with van der Waals surface area (Å²) in [7, 11) is 0. The molecule has 0 aliphatic carbocycles. The molecule has 0 saturated carbocycles. The Labute approximate surface area is 163 Å². The highest BCUT2D eigenvalue weighted by atomic mass is 16.5. The SMILES string of the molecule is CC1NCCc2[nH]c3nnc(-c4ccccc4OCc4ccccc4)cc3c21. The van der Waals surface area contributed by atoms with Crippen molar-refractivity contribution < 1.29 is 4.74 Å². The number of H-pyrrole nitrogens is 1. The Bertz CT molecular complexity index is 1120. The van der Waals surface area contributed by atoms with Crippen molar-refractivity contribution in [1.82, 2.24) is 20.5 Å². The van der Waals surface area contributed by atoms with Crippen LogP contribution in [0.25, 0.3) is 22.3 Å². The summed E-state index contributed by atoms with van der Waals surface area (Å²) < 4.78 is 6.12. The highest BCUT2D eigenvalue weighted by Crippen LogP contribution is 2.34. The van der Waals surface area contributed by atoms with Gasteiger partial charge in [0.25, 0.3) is 0 Å². The fraction of sp³-hybridized carbons (Fsp3) is 0.217. The summed E-state index contributed by atoms with van der Waals surface area (Å²) in [6.07, 6.45) is 0.988. The lowest BCUT2D eigenvalue weighted by atomic mass is 9.99. The minimum absolute atomic E-state index is 0.305. The maximum absolute atomic E-state index is 6.12. The van der Waals surface area contributed by atoms with Crippen LogP contribution in [0.5, 0.6) is 5.75 Å². The monoisotopic (exact) mass is 370 g/mol. The zero-order valence-electron chi connectivity index (χ0n) is 15.8. The van der Waals surface area contributed by atoms with Crippen molar-refractivity contribution in [3.8, 4) is 17.0 Å². The number of hydrogen-bond acceptors (Lipinski definition) is 4. The second-order valence-corrected chi connectivity index (χ2v) is 7.21. The van der Waals surface area contributed by atoms with Crippen LogP contribution in [-0.2, 0) is 13.0 Å². The molecule has 0 radical (unpaired) electrons. The van der Waals surface area contributed by atoms with E-state index in [4.69, 9.17) is 4.74 Å². The van der Waals surface area contributed by atoms with E-state index in [0.29, 0.717) is 12.6 Å². The van der Waals surface area contributed by atoms with Gasteiger partial charge >= 0.3 is 0 Å². The van der Waals surface area contributed by atoms with Crippen molar-refractivity contribution >= 4 is 11.0 Å². The van der Waals surface area contributed by atoms with Crippen molar-refractivity contribution in [3.05, 3.63) is 77.5 Å². The van der Waals surface area contributed by atoms with E-state index in [1.807, 2.05) is 42.5 Å². The van der Waals surface area contributed by atoms with Crippen LogP contribution in [0.3, 0.4) is 0 Å². The number of para-hydroxylation sites is 1. The average molecular weight is 370 g/mol. The molecule has 4 aromatic rings. The number of aromatic amines is 1. The van der Waals surface area contributed by atoms with Gasteiger partial charge in [-0.15, -0.1) is 10.2 Å². The quantitative estimate of drug-likeness (QED) is 0.558. The van der Waals surface area contributed by atoms with Crippen LogP contribution in [0, 0.1) is 0 Å². The Morgan fingerprint density at radius 2 is 1.86 bits per heavy atom. The summed E-state index contributed by atoms with van der Waals surface area (Å²) in [5.74, 6) is 0.815. The van der Waals surface area contributed by atoms with Gasteiger partial charge < -0.3 is 15.0 Å². The molecule has 0 bridgehead atoms. The Morgan fingerprint density at radius 3 is 2.75 bits per heavy atom. The maximum atomic E-state index is 6.12. The zero-order valence-corrected chi connectivity index (χ0v) is 15.8. The second-order valence-electron chi connectivity index (χ2n) is 7.21. The molecule has 5 nitrogen and oxygen atoms in total. The summed E-state index contributed by atoms with van der Waals surface area (Å²) >= 11 is 0. The Morgan fingerprint density at radius 1 is 1.04 bits per heavy atom. The fourth-order valence-corrected chi connectivity index (χ4v) is 3.94. The lowest BCUT2D eigenvalue weighted by Crippen LogP contribution is -2.27. The largest absolute Gasteiger partial charge is 0.488 e. The highest BCUT2D eigenvalue weighted by molar-refractivity contribution is 5.86. The normalized spacial score (nSPS) is 16.1. The molecule has 2 aromatic carbocycles. The van der Waals surface area contributed by atoms with Crippen molar-refractivity contribution in [3.63, 3.8) is 0 Å². The number of ether oxygens (including phenoxy) is 1. The first-order valence-electron chi connectivity index (χ1n) is 9.67. The molecule has 1 aliphatic rings. The van der Waals surface area contributed by atoms with Crippen LogP contribution in [0.4, 0.5) is 0 Å². The molecule has 5 rings (SSSR count). The lowest BCUT2D eigenvalue weighted by Gasteiger charge is -2.20. The predicted molar refractivity (Wildman–Crippen MR) is 110 cm³/mol. The zero-order chi connectivity index (χ0) is 18.9. The molecule has 5 heteroatoms. The van der Waals surface area contributed by atoms with Crippen LogP contribution < -0.4 is 10.1 Å². The van der Waals surface area contributed by atoms with E-state index >= 15 is 0 Å². The summed E-state index contributed by atoms with van der Waals surface area (Å²) in [4.78, 5) is 3.44. The van der Waals surface area contributed by atoms with E-state index in [-0.39, 0.29) is 0 Å². The summed E-state index contributed by atoms with van der Waals surface area (Å²) in [6.45, 7) is 3.70. The van der Waals surface area contributed by atoms with Crippen molar-refractivity contribution in [1.29, 1.82) is 0 Å². The molecule has 0 saturated heterocycles. The van der Waals surface area contributed by atoms with Crippen LogP contribution >= 0.6 is 0 Å². The first-order chi connectivity index (χ1) is 13.8. The van der Waals surface area contributed by atoms with Crippen molar-refractivity contribution in [2.75, 3.05) is 6.54 Å². The van der Waals surface area contributed by atoms with E-state index in [0.717, 1.165) is 46.6 Å². The van der Waals surface area contributed by atoms with Crippen molar-refractivity contribution in [2.45, 2.75) is 26.0 Å². The third kappa shape index (κ3) is 3.04. The van der Waals surface area contributed by atoms with E-state index in [1.54, 1.807) is 0 Å². The average Bonchev–Trinajstić information content (AvgIpc) is 3.12. The summed E-state index contributed by atoms with van der Waals surface area (Å²) in [5, 5.41) is 13.6. The van der Waals surface area contributed by atoms with Gasteiger partial charge in [-0.2, -0.15) is 0 Å². The maximum Gasteiger partial charge on any atom is 0.160 e. The Balaban J connectivity index is 1.52. The van der Waals surface area contributed by atoms with Crippen LogP contribution in [-0.4, -0.2) is 21.7 Å². The third-order valence-electron chi connectivity index (χ3n) is 5.34. The van der Waals surface area contributed by atoms with E-state index < -0.39 is 0 Å². The number of fused-ring (bicyclic) bond motifs is 3.